The quantitative estimate of drug-likeness (QED) is 0.702. The zero-order chi connectivity index (χ0) is 16.8. The summed E-state index contributed by atoms with van der Waals surface area (Å²) in [6.45, 7) is 3.82. The molecule has 1 amide bonds. The Hall–Kier alpha value is -1.69. The molecule has 0 fully saturated rings. The Labute approximate surface area is 144 Å². The molecule has 2 aromatic rings. The van der Waals surface area contributed by atoms with E-state index in [9.17, 15) is 9.59 Å². The molecule has 0 saturated carbocycles. The van der Waals surface area contributed by atoms with E-state index in [1.54, 1.807) is 6.92 Å². The fourth-order valence-electron chi connectivity index (χ4n) is 2.23. The van der Waals surface area contributed by atoms with Crippen LogP contribution in [0.5, 0.6) is 0 Å². The van der Waals surface area contributed by atoms with Gasteiger partial charge in [0.1, 0.15) is 11.3 Å². The van der Waals surface area contributed by atoms with E-state index in [-0.39, 0.29) is 24.2 Å². The van der Waals surface area contributed by atoms with Crippen LogP contribution in [0.3, 0.4) is 0 Å². The Morgan fingerprint density at radius 3 is 2.87 bits per heavy atom. The topological polar surface area (TPSA) is 72.2 Å². The van der Waals surface area contributed by atoms with E-state index in [4.69, 9.17) is 4.42 Å². The third-order valence-electron chi connectivity index (χ3n) is 3.82. The first-order valence-electron chi connectivity index (χ1n) is 7.78. The van der Waals surface area contributed by atoms with Gasteiger partial charge in [0.2, 0.25) is 11.8 Å². The summed E-state index contributed by atoms with van der Waals surface area (Å²) in [6.07, 6.45) is 2.95. The highest BCUT2D eigenvalue weighted by molar-refractivity contribution is 9.10. The van der Waals surface area contributed by atoms with E-state index >= 15 is 0 Å². The van der Waals surface area contributed by atoms with E-state index in [0.717, 1.165) is 29.3 Å². The summed E-state index contributed by atoms with van der Waals surface area (Å²) < 4.78 is 6.51. The number of carbonyl (C=O) groups excluding carboxylic acids is 2. The van der Waals surface area contributed by atoms with Gasteiger partial charge in [0, 0.05) is 16.8 Å². The summed E-state index contributed by atoms with van der Waals surface area (Å²) in [7, 11) is 0. The largest absolute Gasteiger partial charge is 0.439 e. The van der Waals surface area contributed by atoms with Gasteiger partial charge in [0.25, 0.3) is 0 Å². The number of nitrogens with zero attached hydrogens (tertiary/aromatic N) is 1. The molecule has 124 valence electrons. The minimum absolute atomic E-state index is 0.0242. The Balaban J connectivity index is 1.72. The highest BCUT2D eigenvalue weighted by atomic mass is 79.9. The molecule has 6 heteroatoms. The summed E-state index contributed by atoms with van der Waals surface area (Å²) in [5.41, 5.74) is 1.47. The van der Waals surface area contributed by atoms with Crippen LogP contribution in [0.2, 0.25) is 0 Å². The van der Waals surface area contributed by atoms with Gasteiger partial charge in [-0.25, -0.2) is 4.98 Å². The molecule has 0 aliphatic heterocycles. The Bertz CT molecular complexity index is 696. The first-order chi connectivity index (χ1) is 11.0. The second kappa shape index (κ2) is 8.24. The fraction of sp³-hybridized carbons (Fsp3) is 0.471. The molecule has 0 spiro atoms. The van der Waals surface area contributed by atoms with Gasteiger partial charge in [-0.2, -0.15) is 0 Å². The third kappa shape index (κ3) is 5.46. The number of oxazole rings is 1. The van der Waals surface area contributed by atoms with Crippen molar-refractivity contribution < 1.29 is 14.0 Å². The molecule has 0 radical (unpaired) electrons. The molecular formula is C17H21BrN2O3. The van der Waals surface area contributed by atoms with Crippen LogP contribution in [-0.4, -0.2) is 16.7 Å². The van der Waals surface area contributed by atoms with E-state index in [2.05, 4.69) is 26.2 Å². The Morgan fingerprint density at radius 2 is 2.13 bits per heavy atom. The number of carbonyl (C=O) groups is 2. The molecule has 0 bridgehead atoms. The molecule has 5 nitrogen and oxygen atoms in total. The number of nitrogens with one attached hydrogen (secondary N) is 1. The van der Waals surface area contributed by atoms with Gasteiger partial charge in [-0.3, -0.25) is 9.59 Å². The average molecular weight is 381 g/mol. The highest BCUT2D eigenvalue weighted by Gasteiger charge is 2.09. The molecule has 1 aromatic heterocycles. The maximum Gasteiger partial charge on any atom is 0.220 e. The standard InChI is InChI=1S/C17H21BrN2O3/c1-11(12(2)21)5-3-4-6-16(22)19-10-17-20-14-9-13(18)7-8-15(14)23-17/h7-9,11H,3-6,10H2,1-2H3,(H,19,22)/t11-/m0/s1. The van der Waals surface area contributed by atoms with Crippen molar-refractivity contribution in [2.75, 3.05) is 0 Å². The first-order valence-corrected chi connectivity index (χ1v) is 8.57. The molecule has 1 heterocycles. The predicted molar refractivity (Wildman–Crippen MR) is 91.9 cm³/mol. The molecule has 1 atom stereocenters. The lowest BCUT2D eigenvalue weighted by molar-refractivity contribution is -0.121. The second-order valence-electron chi connectivity index (χ2n) is 5.75. The summed E-state index contributed by atoms with van der Waals surface area (Å²) in [5, 5.41) is 2.81. The van der Waals surface area contributed by atoms with Crippen molar-refractivity contribution >= 4 is 38.7 Å². The number of halogens is 1. The van der Waals surface area contributed by atoms with Crippen LogP contribution in [0.25, 0.3) is 11.1 Å². The zero-order valence-corrected chi connectivity index (χ0v) is 15.0. The van der Waals surface area contributed by atoms with Crippen LogP contribution >= 0.6 is 15.9 Å². The number of hydrogen-bond acceptors (Lipinski definition) is 4. The van der Waals surface area contributed by atoms with Gasteiger partial charge in [0.15, 0.2) is 5.58 Å². The van der Waals surface area contributed by atoms with Crippen LogP contribution in [0.4, 0.5) is 0 Å². The Kier molecular flexibility index (Phi) is 6.33. The number of fused-ring (bicyclic) bond motifs is 1. The number of benzene rings is 1. The number of unbranched alkanes of at least 4 members (excludes halogenated alkanes) is 1. The van der Waals surface area contributed by atoms with E-state index in [1.165, 1.54) is 0 Å². The lowest BCUT2D eigenvalue weighted by atomic mass is 10.00. The van der Waals surface area contributed by atoms with Gasteiger partial charge in [-0.1, -0.05) is 29.3 Å². The van der Waals surface area contributed by atoms with Crippen LogP contribution in [0, 0.1) is 5.92 Å². The number of aromatic nitrogens is 1. The SMILES string of the molecule is CC(=O)[C@@H](C)CCCCC(=O)NCc1nc2cc(Br)ccc2o1. The maximum absolute atomic E-state index is 11.8. The monoisotopic (exact) mass is 380 g/mol. The van der Waals surface area contributed by atoms with Crippen molar-refractivity contribution in [2.45, 2.75) is 46.1 Å². The second-order valence-corrected chi connectivity index (χ2v) is 6.67. The van der Waals surface area contributed by atoms with Gasteiger partial charge >= 0.3 is 0 Å². The molecule has 0 aliphatic rings. The molecule has 1 aromatic carbocycles. The smallest absolute Gasteiger partial charge is 0.220 e. The van der Waals surface area contributed by atoms with E-state index in [0.29, 0.717) is 17.9 Å². The Morgan fingerprint density at radius 1 is 1.35 bits per heavy atom. The molecule has 2 rings (SSSR count). The van der Waals surface area contributed by atoms with E-state index < -0.39 is 0 Å². The van der Waals surface area contributed by atoms with Gasteiger partial charge in [-0.05, 0) is 38.0 Å². The summed E-state index contributed by atoms with van der Waals surface area (Å²) >= 11 is 3.39. The fourth-order valence-corrected chi connectivity index (χ4v) is 2.57. The predicted octanol–water partition coefficient (Wildman–Crippen LogP) is 3.99. The normalized spacial score (nSPS) is 12.3. The summed E-state index contributed by atoms with van der Waals surface area (Å²) in [4.78, 5) is 27.3. The van der Waals surface area contributed by atoms with Crippen molar-refractivity contribution in [3.05, 3.63) is 28.6 Å². The summed E-state index contributed by atoms with van der Waals surface area (Å²) in [5.74, 6) is 0.759. The summed E-state index contributed by atoms with van der Waals surface area (Å²) in [6, 6.07) is 5.60. The van der Waals surface area contributed by atoms with Crippen molar-refractivity contribution in [3.8, 4) is 0 Å². The molecule has 0 unspecified atom stereocenters. The van der Waals surface area contributed by atoms with Crippen LogP contribution in [0.15, 0.2) is 27.1 Å². The lowest BCUT2D eigenvalue weighted by Crippen LogP contribution is -2.22. The van der Waals surface area contributed by atoms with Crippen LogP contribution in [-0.2, 0) is 16.1 Å². The highest BCUT2D eigenvalue weighted by Crippen LogP contribution is 2.20. The van der Waals surface area contributed by atoms with Crippen LogP contribution < -0.4 is 5.32 Å². The number of Topliss-reactive ketones (excluding diaryl/α,β-unsaturated/α-hetero) is 1. The van der Waals surface area contributed by atoms with Crippen molar-refractivity contribution in [1.82, 2.24) is 10.3 Å². The number of hydrogen-bond donors (Lipinski definition) is 1. The van der Waals surface area contributed by atoms with Crippen molar-refractivity contribution in [3.63, 3.8) is 0 Å². The lowest BCUT2D eigenvalue weighted by Gasteiger charge is -2.06. The molecule has 0 aliphatic carbocycles. The zero-order valence-electron chi connectivity index (χ0n) is 13.4. The number of ketones is 1. The van der Waals surface area contributed by atoms with Crippen molar-refractivity contribution in [1.29, 1.82) is 0 Å². The van der Waals surface area contributed by atoms with Crippen molar-refractivity contribution in [2.24, 2.45) is 5.92 Å². The van der Waals surface area contributed by atoms with E-state index in [1.807, 2.05) is 25.1 Å². The number of amides is 1. The average Bonchev–Trinajstić information content (AvgIpc) is 2.91. The molecule has 1 N–H and O–H groups in total. The molecular weight excluding hydrogens is 360 g/mol. The van der Waals surface area contributed by atoms with Crippen LogP contribution in [0.1, 0.15) is 45.4 Å². The number of rotatable bonds is 8. The third-order valence-corrected chi connectivity index (χ3v) is 4.31. The minimum Gasteiger partial charge on any atom is -0.439 e. The molecule has 0 saturated heterocycles. The van der Waals surface area contributed by atoms with Gasteiger partial charge < -0.3 is 9.73 Å². The van der Waals surface area contributed by atoms with Gasteiger partial charge in [-0.15, -0.1) is 0 Å². The maximum atomic E-state index is 11.8. The molecule has 23 heavy (non-hydrogen) atoms. The first kappa shape index (κ1) is 17.7. The van der Waals surface area contributed by atoms with Gasteiger partial charge in [0.05, 0.1) is 6.54 Å². The minimum atomic E-state index is -0.0242.